The lowest BCUT2D eigenvalue weighted by Crippen LogP contribution is -2.27. The zero-order valence-electron chi connectivity index (χ0n) is 7.66. The van der Waals surface area contributed by atoms with Crippen molar-refractivity contribution in [3.05, 3.63) is 24.0 Å². The number of likely N-dealkylation sites (N-methyl/N-ethyl adjacent to an activating group) is 1. The van der Waals surface area contributed by atoms with E-state index in [0.29, 0.717) is 6.54 Å². The van der Waals surface area contributed by atoms with Crippen LogP contribution in [0.5, 0.6) is 0 Å². The Labute approximate surface area is 77.2 Å². The van der Waals surface area contributed by atoms with E-state index < -0.39 is 0 Å². The van der Waals surface area contributed by atoms with Gasteiger partial charge in [-0.25, -0.2) is 0 Å². The molecule has 72 valence electrons. The zero-order valence-corrected chi connectivity index (χ0v) is 7.66. The van der Waals surface area contributed by atoms with Gasteiger partial charge in [0.25, 0.3) is 0 Å². The van der Waals surface area contributed by atoms with Gasteiger partial charge >= 0.3 is 0 Å². The molecule has 0 atom stereocenters. The van der Waals surface area contributed by atoms with Crippen LogP contribution in [0.25, 0.3) is 0 Å². The van der Waals surface area contributed by atoms with Crippen LogP contribution in [-0.4, -0.2) is 22.1 Å². The molecule has 1 aromatic heterocycles. The van der Waals surface area contributed by atoms with E-state index >= 15 is 0 Å². The Morgan fingerprint density at radius 3 is 3.08 bits per heavy atom. The molecule has 1 amide bonds. The summed E-state index contributed by atoms with van der Waals surface area (Å²) in [5, 5.41) is 11.6. The highest BCUT2D eigenvalue weighted by Crippen LogP contribution is 2.01. The number of aromatic nitrogens is 1. The predicted molar refractivity (Wildman–Crippen MR) is 49.0 cm³/mol. The standard InChI is InChI=1S/C9H14N2O2/c1-2-10-9(13)6-11-5-3-4-8(11)7-12/h3-5,12H,2,6-7H2,1H3,(H,10,13). The molecule has 13 heavy (non-hydrogen) atoms. The Kier molecular flexibility index (Phi) is 3.52. The number of rotatable bonds is 4. The number of carbonyl (C=O) groups excluding carboxylic acids is 1. The molecule has 0 aliphatic carbocycles. The van der Waals surface area contributed by atoms with E-state index in [1.54, 1.807) is 16.8 Å². The van der Waals surface area contributed by atoms with E-state index in [1.165, 1.54) is 0 Å². The van der Waals surface area contributed by atoms with Crippen LogP contribution in [0.1, 0.15) is 12.6 Å². The smallest absolute Gasteiger partial charge is 0.239 e. The number of hydrogen-bond donors (Lipinski definition) is 2. The van der Waals surface area contributed by atoms with Gasteiger partial charge in [0.2, 0.25) is 5.91 Å². The van der Waals surface area contributed by atoms with E-state index in [0.717, 1.165) is 5.69 Å². The molecular weight excluding hydrogens is 168 g/mol. The molecule has 0 spiro atoms. The van der Waals surface area contributed by atoms with Gasteiger partial charge in [0, 0.05) is 18.4 Å². The molecule has 0 radical (unpaired) electrons. The van der Waals surface area contributed by atoms with Crippen LogP contribution in [0.4, 0.5) is 0 Å². The quantitative estimate of drug-likeness (QED) is 0.694. The van der Waals surface area contributed by atoms with Crippen molar-refractivity contribution < 1.29 is 9.90 Å². The second-order valence-electron chi connectivity index (χ2n) is 2.74. The third-order valence-electron chi connectivity index (χ3n) is 1.77. The normalized spacial score (nSPS) is 10.0. The Balaban J connectivity index is 2.57. The molecule has 4 nitrogen and oxygen atoms in total. The van der Waals surface area contributed by atoms with Crippen molar-refractivity contribution in [2.24, 2.45) is 0 Å². The van der Waals surface area contributed by atoms with Crippen molar-refractivity contribution in [2.75, 3.05) is 6.54 Å². The molecule has 0 saturated heterocycles. The number of aliphatic hydroxyl groups is 1. The molecule has 0 aliphatic heterocycles. The molecule has 1 aromatic rings. The molecule has 0 fully saturated rings. The van der Waals surface area contributed by atoms with Gasteiger partial charge in [-0.1, -0.05) is 0 Å². The summed E-state index contributed by atoms with van der Waals surface area (Å²) in [5.74, 6) is -0.0339. The lowest BCUT2D eigenvalue weighted by atomic mass is 10.4. The average Bonchev–Trinajstić information content (AvgIpc) is 2.52. The van der Waals surface area contributed by atoms with Crippen LogP contribution < -0.4 is 5.32 Å². The zero-order chi connectivity index (χ0) is 9.68. The second kappa shape index (κ2) is 4.67. The van der Waals surface area contributed by atoms with Crippen LogP contribution in [0.15, 0.2) is 18.3 Å². The van der Waals surface area contributed by atoms with E-state index in [1.807, 2.05) is 13.0 Å². The molecule has 0 bridgehead atoms. The molecular formula is C9H14N2O2. The Hall–Kier alpha value is -1.29. The second-order valence-corrected chi connectivity index (χ2v) is 2.74. The van der Waals surface area contributed by atoms with Crippen molar-refractivity contribution in [3.8, 4) is 0 Å². The van der Waals surface area contributed by atoms with Crippen LogP contribution in [-0.2, 0) is 17.9 Å². The Morgan fingerprint density at radius 1 is 1.69 bits per heavy atom. The molecule has 0 unspecified atom stereocenters. The topological polar surface area (TPSA) is 54.3 Å². The minimum Gasteiger partial charge on any atom is -0.390 e. The SMILES string of the molecule is CCNC(=O)Cn1cccc1CO. The molecule has 1 heterocycles. The van der Waals surface area contributed by atoms with Gasteiger partial charge in [-0.3, -0.25) is 4.79 Å². The fraction of sp³-hybridized carbons (Fsp3) is 0.444. The summed E-state index contributed by atoms with van der Waals surface area (Å²) in [6.07, 6.45) is 1.78. The predicted octanol–water partition coefficient (Wildman–Crippen LogP) is 0.116. The fourth-order valence-electron chi connectivity index (χ4n) is 1.16. The lowest BCUT2D eigenvalue weighted by Gasteiger charge is -2.06. The maximum absolute atomic E-state index is 11.2. The molecule has 0 saturated carbocycles. The Bertz CT molecular complexity index is 281. The highest BCUT2D eigenvalue weighted by atomic mass is 16.3. The minimum absolute atomic E-state index is 0.0339. The summed E-state index contributed by atoms with van der Waals surface area (Å²) >= 11 is 0. The highest BCUT2D eigenvalue weighted by molar-refractivity contribution is 5.75. The molecule has 2 N–H and O–H groups in total. The summed E-state index contributed by atoms with van der Waals surface area (Å²) in [6.45, 7) is 2.75. The lowest BCUT2D eigenvalue weighted by molar-refractivity contribution is -0.121. The van der Waals surface area contributed by atoms with E-state index in [9.17, 15) is 4.79 Å². The maximum atomic E-state index is 11.2. The minimum atomic E-state index is -0.0353. The number of nitrogens with zero attached hydrogens (tertiary/aromatic N) is 1. The summed E-state index contributed by atoms with van der Waals surface area (Å²) in [7, 11) is 0. The fourth-order valence-corrected chi connectivity index (χ4v) is 1.16. The summed E-state index contributed by atoms with van der Waals surface area (Å²) < 4.78 is 1.73. The molecule has 4 heteroatoms. The van der Waals surface area contributed by atoms with Crippen molar-refractivity contribution >= 4 is 5.91 Å². The van der Waals surface area contributed by atoms with Gasteiger partial charge in [0.15, 0.2) is 0 Å². The van der Waals surface area contributed by atoms with Gasteiger partial charge in [-0.15, -0.1) is 0 Å². The van der Waals surface area contributed by atoms with Gasteiger partial charge in [-0.2, -0.15) is 0 Å². The van der Waals surface area contributed by atoms with Crippen molar-refractivity contribution in [2.45, 2.75) is 20.1 Å². The first-order valence-corrected chi connectivity index (χ1v) is 4.29. The first-order chi connectivity index (χ1) is 6.27. The van der Waals surface area contributed by atoms with Crippen LogP contribution in [0.3, 0.4) is 0 Å². The number of hydrogen-bond acceptors (Lipinski definition) is 2. The molecule has 1 rings (SSSR count). The molecule has 0 aliphatic rings. The van der Waals surface area contributed by atoms with Crippen molar-refractivity contribution in [1.82, 2.24) is 9.88 Å². The monoisotopic (exact) mass is 182 g/mol. The molecule has 0 aromatic carbocycles. The van der Waals surface area contributed by atoms with E-state index in [2.05, 4.69) is 5.32 Å². The Morgan fingerprint density at radius 2 is 2.46 bits per heavy atom. The van der Waals surface area contributed by atoms with Gasteiger partial charge in [-0.05, 0) is 19.1 Å². The van der Waals surface area contributed by atoms with Gasteiger partial charge in [0.05, 0.1) is 6.61 Å². The summed E-state index contributed by atoms with van der Waals surface area (Å²) in [4.78, 5) is 11.2. The van der Waals surface area contributed by atoms with Crippen LogP contribution >= 0.6 is 0 Å². The maximum Gasteiger partial charge on any atom is 0.239 e. The third kappa shape index (κ3) is 2.59. The summed E-state index contributed by atoms with van der Waals surface area (Å²) in [5.41, 5.74) is 0.756. The number of amides is 1. The highest BCUT2D eigenvalue weighted by Gasteiger charge is 2.03. The van der Waals surface area contributed by atoms with Crippen LogP contribution in [0.2, 0.25) is 0 Å². The van der Waals surface area contributed by atoms with Crippen molar-refractivity contribution in [3.63, 3.8) is 0 Å². The van der Waals surface area contributed by atoms with Crippen molar-refractivity contribution in [1.29, 1.82) is 0 Å². The van der Waals surface area contributed by atoms with E-state index in [4.69, 9.17) is 5.11 Å². The number of carbonyl (C=O) groups is 1. The number of aliphatic hydroxyl groups excluding tert-OH is 1. The largest absolute Gasteiger partial charge is 0.390 e. The first kappa shape index (κ1) is 9.80. The van der Waals surface area contributed by atoms with E-state index in [-0.39, 0.29) is 19.1 Å². The summed E-state index contributed by atoms with van der Waals surface area (Å²) in [6, 6.07) is 3.60. The first-order valence-electron chi connectivity index (χ1n) is 4.29. The van der Waals surface area contributed by atoms with Gasteiger partial charge in [0.1, 0.15) is 6.54 Å². The number of nitrogens with one attached hydrogen (secondary N) is 1. The third-order valence-corrected chi connectivity index (χ3v) is 1.77. The average molecular weight is 182 g/mol. The van der Waals surface area contributed by atoms with Crippen LogP contribution in [0, 0.1) is 0 Å². The van der Waals surface area contributed by atoms with Gasteiger partial charge < -0.3 is 15.0 Å².